The highest BCUT2D eigenvalue weighted by Crippen LogP contribution is 2.33. The number of nitrogens with one attached hydrogen (secondary N) is 1. The molecule has 4 nitrogen and oxygen atoms in total. The van der Waals surface area contributed by atoms with Crippen molar-refractivity contribution in [3.63, 3.8) is 0 Å². The zero-order chi connectivity index (χ0) is 13.8. The minimum atomic E-state index is -0.396. The van der Waals surface area contributed by atoms with E-state index in [-0.39, 0.29) is 6.04 Å². The third-order valence-electron chi connectivity index (χ3n) is 3.45. The average Bonchev–Trinajstić information content (AvgIpc) is 2.60. The van der Waals surface area contributed by atoms with Crippen LogP contribution in [0.5, 0.6) is 5.75 Å². The summed E-state index contributed by atoms with van der Waals surface area (Å²) in [7, 11) is 1.38. The molecule has 1 N–H and O–H groups in total. The van der Waals surface area contributed by atoms with E-state index in [9.17, 15) is 4.79 Å². The smallest absolute Gasteiger partial charge is 0.407 e. The summed E-state index contributed by atoms with van der Waals surface area (Å²) in [5.74, 6) is 1.32. The van der Waals surface area contributed by atoms with E-state index >= 15 is 0 Å². The normalized spacial score (nSPS) is 18.2. The van der Waals surface area contributed by atoms with Crippen LogP contribution in [0, 0.1) is 0 Å². The van der Waals surface area contributed by atoms with Gasteiger partial charge in [0.05, 0.1) is 19.8 Å². The molecular weight excluding hydrogens is 242 g/mol. The molecule has 0 saturated carbocycles. The molecule has 1 aromatic rings. The fourth-order valence-corrected chi connectivity index (χ4v) is 2.31. The predicted molar refractivity (Wildman–Crippen MR) is 73.5 cm³/mol. The lowest BCUT2D eigenvalue weighted by Crippen LogP contribution is -2.28. The van der Waals surface area contributed by atoms with E-state index < -0.39 is 6.09 Å². The van der Waals surface area contributed by atoms with Gasteiger partial charge < -0.3 is 14.8 Å². The largest absolute Gasteiger partial charge is 0.493 e. The first-order valence-corrected chi connectivity index (χ1v) is 6.73. The number of carbonyl (C=O) groups is 1. The third kappa shape index (κ3) is 3.19. The molecule has 1 aliphatic rings. The van der Waals surface area contributed by atoms with Crippen LogP contribution < -0.4 is 10.1 Å². The Bertz CT molecular complexity index is 457. The number of rotatable bonds is 2. The molecule has 2 rings (SSSR count). The van der Waals surface area contributed by atoms with Crippen molar-refractivity contribution in [3.05, 3.63) is 29.3 Å². The van der Waals surface area contributed by atoms with Crippen molar-refractivity contribution >= 4 is 6.09 Å². The zero-order valence-corrected chi connectivity index (χ0v) is 11.7. The highest BCUT2D eigenvalue weighted by atomic mass is 16.5. The molecule has 1 amide bonds. The third-order valence-corrected chi connectivity index (χ3v) is 3.45. The highest BCUT2D eigenvalue weighted by molar-refractivity contribution is 5.68. The van der Waals surface area contributed by atoms with Crippen molar-refractivity contribution in [2.45, 2.75) is 38.6 Å². The monoisotopic (exact) mass is 263 g/mol. The Morgan fingerprint density at radius 3 is 2.95 bits per heavy atom. The molecule has 19 heavy (non-hydrogen) atoms. The van der Waals surface area contributed by atoms with Gasteiger partial charge in [-0.2, -0.15) is 0 Å². The van der Waals surface area contributed by atoms with Crippen LogP contribution in [-0.4, -0.2) is 19.8 Å². The number of amides is 1. The molecular formula is C15H21NO3. The second kappa shape index (κ2) is 5.95. The Hall–Kier alpha value is -1.71. The van der Waals surface area contributed by atoms with Crippen molar-refractivity contribution in [1.82, 2.24) is 5.32 Å². The van der Waals surface area contributed by atoms with Gasteiger partial charge in [0.15, 0.2) is 0 Å². The summed E-state index contributed by atoms with van der Waals surface area (Å²) in [6.45, 7) is 5.00. The Morgan fingerprint density at radius 1 is 1.47 bits per heavy atom. The lowest BCUT2D eigenvalue weighted by Gasteiger charge is -2.19. The van der Waals surface area contributed by atoms with Gasteiger partial charge in [-0.25, -0.2) is 4.79 Å². The Labute approximate surface area is 114 Å². The summed E-state index contributed by atoms with van der Waals surface area (Å²) in [4.78, 5) is 11.4. The van der Waals surface area contributed by atoms with Gasteiger partial charge in [-0.1, -0.05) is 19.9 Å². The molecule has 104 valence electrons. The van der Waals surface area contributed by atoms with Crippen molar-refractivity contribution in [2.24, 2.45) is 0 Å². The lowest BCUT2D eigenvalue weighted by atomic mass is 9.95. The Balaban J connectivity index is 2.32. The molecule has 1 atom stereocenters. The van der Waals surface area contributed by atoms with Crippen LogP contribution in [0.4, 0.5) is 4.79 Å². The minimum Gasteiger partial charge on any atom is -0.493 e. The van der Waals surface area contributed by atoms with E-state index in [2.05, 4.69) is 31.3 Å². The lowest BCUT2D eigenvalue weighted by molar-refractivity contribution is 0.166. The fraction of sp³-hybridized carbons (Fsp3) is 0.533. The average molecular weight is 263 g/mol. The summed E-state index contributed by atoms with van der Waals surface area (Å²) in [5.41, 5.74) is 2.30. The molecule has 0 spiro atoms. The van der Waals surface area contributed by atoms with Gasteiger partial charge in [-0.3, -0.25) is 0 Å². The molecule has 0 aromatic heterocycles. The minimum absolute atomic E-state index is 0.0383. The highest BCUT2D eigenvalue weighted by Gasteiger charge is 2.22. The predicted octanol–water partition coefficient (Wildman–Crippen LogP) is 3.38. The first kappa shape index (κ1) is 13.7. The maximum Gasteiger partial charge on any atom is 0.407 e. The molecule has 1 aromatic carbocycles. The van der Waals surface area contributed by atoms with Gasteiger partial charge in [0.25, 0.3) is 0 Å². The summed E-state index contributed by atoms with van der Waals surface area (Å²) >= 11 is 0. The maximum absolute atomic E-state index is 11.4. The summed E-state index contributed by atoms with van der Waals surface area (Å²) in [5, 5.41) is 2.89. The Morgan fingerprint density at radius 2 is 2.26 bits per heavy atom. The number of alkyl carbamates (subject to hydrolysis) is 1. The first-order chi connectivity index (χ1) is 9.11. The van der Waals surface area contributed by atoms with Crippen LogP contribution in [-0.2, 0) is 4.74 Å². The van der Waals surface area contributed by atoms with Crippen LogP contribution in [0.1, 0.15) is 49.8 Å². The maximum atomic E-state index is 11.4. The van der Waals surface area contributed by atoms with Crippen molar-refractivity contribution in [2.75, 3.05) is 13.7 Å². The SMILES string of the molecule is COC(=O)NC1CCCOc2ccc(C(C)C)cc21. The van der Waals surface area contributed by atoms with Crippen LogP contribution in [0.2, 0.25) is 0 Å². The fourth-order valence-electron chi connectivity index (χ4n) is 2.31. The number of carbonyl (C=O) groups excluding carboxylic acids is 1. The second-order valence-electron chi connectivity index (χ2n) is 5.13. The van der Waals surface area contributed by atoms with E-state index in [1.54, 1.807) is 0 Å². The molecule has 4 heteroatoms. The van der Waals surface area contributed by atoms with Crippen LogP contribution >= 0.6 is 0 Å². The van der Waals surface area contributed by atoms with Gasteiger partial charge in [-0.15, -0.1) is 0 Å². The van der Waals surface area contributed by atoms with Crippen LogP contribution in [0.25, 0.3) is 0 Å². The van der Waals surface area contributed by atoms with E-state index in [1.165, 1.54) is 12.7 Å². The number of hydrogen-bond acceptors (Lipinski definition) is 3. The van der Waals surface area contributed by atoms with Crippen LogP contribution in [0.15, 0.2) is 18.2 Å². The van der Waals surface area contributed by atoms with Gasteiger partial charge in [0.1, 0.15) is 5.75 Å². The molecule has 1 unspecified atom stereocenters. The number of ether oxygens (including phenoxy) is 2. The molecule has 0 bridgehead atoms. The van der Waals surface area contributed by atoms with E-state index in [0.29, 0.717) is 12.5 Å². The van der Waals surface area contributed by atoms with E-state index in [1.807, 2.05) is 6.07 Å². The molecule has 0 fully saturated rings. The van der Waals surface area contributed by atoms with Crippen molar-refractivity contribution < 1.29 is 14.3 Å². The van der Waals surface area contributed by atoms with E-state index in [0.717, 1.165) is 24.2 Å². The molecule has 0 aliphatic carbocycles. The topological polar surface area (TPSA) is 47.6 Å². The van der Waals surface area contributed by atoms with Crippen LogP contribution in [0.3, 0.4) is 0 Å². The van der Waals surface area contributed by atoms with Crippen molar-refractivity contribution in [3.8, 4) is 5.75 Å². The summed E-state index contributed by atoms with van der Waals surface area (Å²) in [6.07, 6.45) is 1.39. The molecule has 1 aliphatic heterocycles. The molecule has 1 heterocycles. The standard InChI is InChI=1S/C15H21NO3/c1-10(2)11-6-7-14-12(9-11)13(5-4-8-19-14)16-15(17)18-3/h6-7,9-10,13H,4-5,8H2,1-3H3,(H,16,17). The summed E-state index contributed by atoms with van der Waals surface area (Å²) in [6, 6.07) is 6.18. The number of fused-ring (bicyclic) bond motifs is 1. The van der Waals surface area contributed by atoms with Gasteiger partial charge >= 0.3 is 6.09 Å². The zero-order valence-electron chi connectivity index (χ0n) is 11.7. The first-order valence-electron chi connectivity index (χ1n) is 6.73. The van der Waals surface area contributed by atoms with Gasteiger partial charge in [-0.05, 0) is 36.5 Å². The summed E-state index contributed by atoms with van der Waals surface area (Å²) < 4.78 is 10.4. The Kier molecular flexibility index (Phi) is 4.30. The second-order valence-corrected chi connectivity index (χ2v) is 5.13. The quantitative estimate of drug-likeness (QED) is 0.889. The van der Waals surface area contributed by atoms with Crippen molar-refractivity contribution in [1.29, 1.82) is 0 Å². The number of hydrogen-bond donors (Lipinski definition) is 1. The van der Waals surface area contributed by atoms with Gasteiger partial charge in [0, 0.05) is 5.56 Å². The van der Waals surface area contributed by atoms with Gasteiger partial charge in [0.2, 0.25) is 0 Å². The number of methoxy groups -OCH3 is 1. The molecule has 0 radical (unpaired) electrons. The number of benzene rings is 1. The molecule has 0 saturated heterocycles. The van der Waals surface area contributed by atoms with E-state index in [4.69, 9.17) is 9.47 Å².